The van der Waals surface area contributed by atoms with E-state index in [0.717, 1.165) is 32.5 Å². The highest BCUT2D eigenvalue weighted by Crippen LogP contribution is 2.27. The number of carbonyl (C=O) groups is 1. The predicted molar refractivity (Wildman–Crippen MR) is 51.4 cm³/mol. The Morgan fingerprint density at radius 1 is 1.43 bits per heavy atom. The molecule has 2 fully saturated rings. The first-order valence-corrected chi connectivity index (χ1v) is 5.13. The van der Waals surface area contributed by atoms with Gasteiger partial charge in [-0.2, -0.15) is 5.26 Å². The molecular formula is C10H15N3O. The summed E-state index contributed by atoms with van der Waals surface area (Å²) < 4.78 is 0. The van der Waals surface area contributed by atoms with Crippen LogP contribution in [-0.2, 0) is 4.79 Å². The van der Waals surface area contributed by atoms with E-state index < -0.39 is 0 Å². The number of piperidine rings is 1. The fourth-order valence-electron chi connectivity index (χ4n) is 2.18. The quantitative estimate of drug-likeness (QED) is 0.559. The van der Waals surface area contributed by atoms with Gasteiger partial charge >= 0.3 is 0 Å². The van der Waals surface area contributed by atoms with Crippen LogP contribution in [0.3, 0.4) is 0 Å². The number of rotatable bonds is 1. The van der Waals surface area contributed by atoms with Crippen molar-refractivity contribution >= 4 is 5.91 Å². The smallest absolute Gasteiger partial charge is 0.219 e. The van der Waals surface area contributed by atoms with Crippen LogP contribution in [0.4, 0.5) is 0 Å². The van der Waals surface area contributed by atoms with E-state index in [2.05, 4.69) is 11.0 Å². The topological polar surface area (TPSA) is 47.1 Å². The van der Waals surface area contributed by atoms with Crippen molar-refractivity contribution in [3.8, 4) is 6.07 Å². The molecule has 2 atom stereocenters. The molecule has 2 aliphatic heterocycles. The highest BCUT2D eigenvalue weighted by molar-refractivity contribution is 5.73. The molecule has 0 N–H and O–H groups in total. The summed E-state index contributed by atoms with van der Waals surface area (Å²) in [4.78, 5) is 15.2. The van der Waals surface area contributed by atoms with Gasteiger partial charge in [0.1, 0.15) is 6.04 Å². The van der Waals surface area contributed by atoms with Crippen LogP contribution in [0.25, 0.3) is 0 Å². The number of amides is 1. The van der Waals surface area contributed by atoms with Gasteiger partial charge in [-0.1, -0.05) is 0 Å². The molecule has 0 saturated carbocycles. The number of nitriles is 1. The molecule has 2 aliphatic rings. The average Bonchev–Trinajstić information content (AvgIpc) is 2.97. The lowest BCUT2D eigenvalue weighted by Crippen LogP contribution is -2.41. The maximum Gasteiger partial charge on any atom is 0.219 e. The maximum absolute atomic E-state index is 11.1. The van der Waals surface area contributed by atoms with Crippen LogP contribution in [0.2, 0.25) is 0 Å². The molecule has 0 radical (unpaired) electrons. The van der Waals surface area contributed by atoms with E-state index in [0.29, 0.717) is 6.04 Å². The Bertz CT molecular complexity index is 276. The number of likely N-dealkylation sites (tertiary alicyclic amines) is 1. The van der Waals surface area contributed by atoms with Crippen LogP contribution < -0.4 is 0 Å². The Kier molecular flexibility index (Phi) is 2.42. The summed E-state index contributed by atoms with van der Waals surface area (Å²) in [5, 5.41) is 8.69. The Balaban J connectivity index is 1.80. The third-order valence-corrected chi connectivity index (χ3v) is 3.18. The largest absolute Gasteiger partial charge is 0.343 e. The summed E-state index contributed by atoms with van der Waals surface area (Å²) in [6, 6.07) is 2.96. The summed E-state index contributed by atoms with van der Waals surface area (Å²) in [5.74, 6) is 0.172. The van der Waals surface area contributed by atoms with Crippen molar-refractivity contribution in [2.24, 2.45) is 0 Å². The molecule has 14 heavy (non-hydrogen) atoms. The highest BCUT2D eigenvalue weighted by atomic mass is 16.2. The van der Waals surface area contributed by atoms with Crippen LogP contribution in [0.5, 0.6) is 0 Å². The molecule has 0 aromatic rings. The highest BCUT2D eigenvalue weighted by Gasteiger charge is 2.40. The van der Waals surface area contributed by atoms with Gasteiger partial charge in [-0.25, -0.2) is 0 Å². The third-order valence-electron chi connectivity index (χ3n) is 3.18. The predicted octanol–water partition coefficient (Wildman–Crippen LogP) is 0.205. The molecule has 0 aromatic heterocycles. The van der Waals surface area contributed by atoms with E-state index in [1.807, 2.05) is 4.90 Å². The van der Waals surface area contributed by atoms with Crippen LogP contribution in [0, 0.1) is 11.3 Å². The maximum atomic E-state index is 11.1. The average molecular weight is 193 g/mol. The summed E-state index contributed by atoms with van der Waals surface area (Å²) in [6.07, 6.45) is 2.05. The van der Waals surface area contributed by atoms with Crippen LogP contribution in [0.1, 0.15) is 19.8 Å². The minimum atomic E-state index is 0.156. The molecule has 0 aromatic carbocycles. The second-order valence-electron chi connectivity index (χ2n) is 4.08. The van der Waals surface area contributed by atoms with Gasteiger partial charge in [0.25, 0.3) is 0 Å². The first-order valence-electron chi connectivity index (χ1n) is 5.13. The fraction of sp³-hybridized carbons (Fsp3) is 0.800. The van der Waals surface area contributed by atoms with Gasteiger partial charge in [-0.15, -0.1) is 0 Å². The summed E-state index contributed by atoms with van der Waals surface area (Å²) in [5.41, 5.74) is 0. The zero-order chi connectivity index (χ0) is 10.1. The molecule has 0 spiro atoms. The van der Waals surface area contributed by atoms with Gasteiger partial charge in [-0.3, -0.25) is 9.69 Å². The number of nitrogens with zero attached hydrogens (tertiary/aromatic N) is 3. The second-order valence-corrected chi connectivity index (χ2v) is 4.08. The van der Waals surface area contributed by atoms with Crippen molar-refractivity contribution in [1.29, 1.82) is 5.26 Å². The summed E-state index contributed by atoms with van der Waals surface area (Å²) in [7, 11) is 0. The monoisotopic (exact) mass is 193 g/mol. The first kappa shape index (κ1) is 9.47. The molecule has 2 rings (SSSR count). The lowest BCUT2D eigenvalue weighted by atomic mass is 10.1. The summed E-state index contributed by atoms with van der Waals surface area (Å²) >= 11 is 0. The van der Waals surface area contributed by atoms with Crippen molar-refractivity contribution in [3.05, 3.63) is 0 Å². The number of hydrogen-bond donors (Lipinski definition) is 0. The van der Waals surface area contributed by atoms with Gasteiger partial charge in [0, 0.05) is 32.6 Å². The van der Waals surface area contributed by atoms with E-state index in [1.54, 1.807) is 6.92 Å². The minimum Gasteiger partial charge on any atom is -0.343 e. The lowest BCUT2D eigenvalue weighted by Gasteiger charge is -2.31. The molecule has 1 amide bonds. The van der Waals surface area contributed by atoms with Crippen molar-refractivity contribution < 1.29 is 4.79 Å². The Labute approximate surface area is 84.1 Å². The second kappa shape index (κ2) is 3.58. The molecule has 4 nitrogen and oxygen atoms in total. The van der Waals surface area contributed by atoms with E-state index in [4.69, 9.17) is 5.26 Å². The van der Waals surface area contributed by atoms with Crippen molar-refractivity contribution in [2.75, 3.05) is 19.6 Å². The lowest BCUT2D eigenvalue weighted by molar-refractivity contribution is -0.130. The molecule has 0 bridgehead atoms. The summed E-state index contributed by atoms with van der Waals surface area (Å²) in [6.45, 7) is 4.26. The van der Waals surface area contributed by atoms with Gasteiger partial charge < -0.3 is 4.90 Å². The zero-order valence-corrected chi connectivity index (χ0v) is 8.44. The van der Waals surface area contributed by atoms with Crippen LogP contribution >= 0.6 is 0 Å². The molecular weight excluding hydrogens is 178 g/mol. The fourth-order valence-corrected chi connectivity index (χ4v) is 2.18. The molecule has 76 valence electrons. The van der Waals surface area contributed by atoms with E-state index in [1.165, 1.54) is 0 Å². The van der Waals surface area contributed by atoms with Gasteiger partial charge in [-0.05, 0) is 12.8 Å². The van der Waals surface area contributed by atoms with E-state index in [-0.39, 0.29) is 11.9 Å². The van der Waals surface area contributed by atoms with Crippen LogP contribution in [-0.4, -0.2) is 47.4 Å². The minimum absolute atomic E-state index is 0.156. The zero-order valence-electron chi connectivity index (χ0n) is 8.44. The third kappa shape index (κ3) is 1.73. The first-order chi connectivity index (χ1) is 6.72. The molecule has 0 aliphatic carbocycles. The van der Waals surface area contributed by atoms with Crippen molar-refractivity contribution in [3.63, 3.8) is 0 Å². The van der Waals surface area contributed by atoms with Crippen LogP contribution in [0.15, 0.2) is 0 Å². The molecule has 2 unspecified atom stereocenters. The van der Waals surface area contributed by atoms with Gasteiger partial charge in [0.05, 0.1) is 6.07 Å². The van der Waals surface area contributed by atoms with Gasteiger partial charge in [0.15, 0.2) is 0 Å². The Hall–Kier alpha value is -1.08. The van der Waals surface area contributed by atoms with Crippen molar-refractivity contribution in [2.45, 2.75) is 31.8 Å². The molecule has 2 saturated heterocycles. The standard InChI is InChI=1S/C10H15N3O/c1-8(14)12-4-2-9(3-5-12)13-7-10(13)6-11/h9-10H,2-5,7H2,1H3. The normalized spacial score (nSPS) is 32.4. The van der Waals surface area contributed by atoms with E-state index in [9.17, 15) is 4.79 Å². The van der Waals surface area contributed by atoms with Crippen molar-refractivity contribution in [1.82, 2.24) is 9.80 Å². The SMILES string of the molecule is CC(=O)N1CCC(N2CC2C#N)CC1. The molecule has 4 heteroatoms. The Morgan fingerprint density at radius 2 is 2.07 bits per heavy atom. The number of hydrogen-bond acceptors (Lipinski definition) is 3. The Morgan fingerprint density at radius 3 is 2.50 bits per heavy atom. The van der Waals surface area contributed by atoms with E-state index >= 15 is 0 Å². The van der Waals surface area contributed by atoms with Gasteiger partial charge in [0.2, 0.25) is 5.91 Å². The number of carbonyl (C=O) groups excluding carboxylic acids is 1. The molecule has 2 heterocycles.